The predicted octanol–water partition coefficient (Wildman–Crippen LogP) is 2.55. The number of aromatic nitrogens is 2. The summed E-state index contributed by atoms with van der Waals surface area (Å²) >= 11 is 0. The highest BCUT2D eigenvalue weighted by atomic mass is 19.1. The molecule has 1 aliphatic heterocycles. The van der Waals surface area contributed by atoms with Crippen LogP contribution in [0.2, 0.25) is 0 Å². The number of hydrogen-bond donors (Lipinski definition) is 1. The SMILES string of the molecule is Cc1cc(F)ccc1-c1nc(C)c2c(n1)CCNC2. The first-order valence-corrected chi connectivity index (χ1v) is 6.49. The Balaban J connectivity index is 2.13. The summed E-state index contributed by atoms with van der Waals surface area (Å²) in [5.74, 6) is 0.482. The van der Waals surface area contributed by atoms with Gasteiger partial charge in [-0.15, -0.1) is 0 Å². The van der Waals surface area contributed by atoms with E-state index in [2.05, 4.69) is 15.3 Å². The summed E-state index contributed by atoms with van der Waals surface area (Å²) < 4.78 is 13.2. The first-order valence-electron chi connectivity index (χ1n) is 6.49. The molecule has 0 fully saturated rings. The van der Waals surface area contributed by atoms with Gasteiger partial charge >= 0.3 is 0 Å². The van der Waals surface area contributed by atoms with Crippen LogP contribution in [0.5, 0.6) is 0 Å². The van der Waals surface area contributed by atoms with Crippen LogP contribution in [0.1, 0.15) is 22.5 Å². The molecule has 4 heteroatoms. The largest absolute Gasteiger partial charge is 0.312 e. The highest BCUT2D eigenvalue weighted by Gasteiger charge is 2.16. The van der Waals surface area contributed by atoms with Gasteiger partial charge < -0.3 is 5.32 Å². The Bertz CT molecular complexity index is 638. The van der Waals surface area contributed by atoms with Gasteiger partial charge in [-0.2, -0.15) is 0 Å². The van der Waals surface area contributed by atoms with Gasteiger partial charge in [-0.1, -0.05) is 0 Å². The zero-order valence-corrected chi connectivity index (χ0v) is 11.1. The minimum absolute atomic E-state index is 0.222. The summed E-state index contributed by atoms with van der Waals surface area (Å²) in [6.07, 6.45) is 0.923. The minimum Gasteiger partial charge on any atom is -0.312 e. The Hall–Kier alpha value is -1.81. The van der Waals surface area contributed by atoms with Crippen molar-refractivity contribution < 1.29 is 4.39 Å². The summed E-state index contributed by atoms with van der Waals surface area (Å²) in [7, 11) is 0. The molecule has 0 bridgehead atoms. The molecule has 98 valence electrons. The highest BCUT2D eigenvalue weighted by Crippen LogP contribution is 2.24. The topological polar surface area (TPSA) is 37.8 Å². The second-order valence-electron chi connectivity index (χ2n) is 4.94. The fourth-order valence-electron chi connectivity index (χ4n) is 2.51. The number of halogens is 1. The monoisotopic (exact) mass is 257 g/mol. The fraction of sp³-hybridized carbons (Fsp3) is 0.333. The van der Waals surface area contributed by atoms with Gasteiger partial charge in [0.1, 0.15) is 5.82 Å². The lowest BCUT2D eigenvalue weighted by atomic mass is 10.0. The number of aryl methyl sites for hydroxylation is 2. The molecule has 1 aromatic carbocycles. The van der Waals surface area contributed by atoms with Crippen molar-refractivity contribution in [1.29, 1.82) is 0 Å². The van der Waals surface area contributed by atoms with Crippen LogP contribution in [0.4, 0.5) is 4.39 Å². The molecule has 0 radical (unpaired) electrons. The van der Waals surface area contributed by atoms with E-state index in [-0.39, 0.29) is 5.82 Å². The summed E-state index contributed by atoms with van der Waals surface area (Å²) in [6, 6.07) is 4.74. The molecule has 0 amide bonds. The van der Waals surface area contributed by atoms with E-state index in [1.54, 1.807) is 6.07 Å². The van der Waals surface area contributed by atoms with Gasteiger partial charge in [-0.25, -0.2) is 14.4 Å². The Morgan fingerprint density at radius 3 is 2.84 bits per heavy atom. The number of nitrogens with zero attached hydrogens (tertiary/aromatic N) is 2. The van der Waals surface area contributed by atoms with Crippen molar-refractivity contribution >= 4 is 0 Å². The van der Waals surface area contributed by atoms with Crippen molar-refractivity contribution in [2.75, 3.05) is 6.54 Å². The molecule has 1 aliphatic rings. The van der Waals surface area contributed by atoms with E-state index in [0.717, 1.165) is 42.0 Å². The van der Waals surface area contributed by atoms with Gasteiger partial charge in [0.2, 0.25) is 0 Å². The Morgan fingerprint density at radius 2 is 2.05 bits per heavy atom. The number of nitrogens with one attached hydrogen (secondary N) is 1. The molecule has 0 aliphatic carbocycles. The van der Waals surface area contributed by atoms with Crippen LogP contribution in [0.15, 0.2) is 18.2 Å². The van der Waals surface area contributed by atoms with Gasteiger partial charge in [0.15, 0.2) is 5.82 Å². The van der Waals surface area contributed by atoms with Crippen molar-refractivity contribution in [2.45, 2.75) is 26.8 Å². The molecule has 19 heavy (non-hydrogen) atoms. The maximum atomic E-state index is 13.2. The van der Waals surface area contributed by atoms with E-state index in [1.165, 1.54) is 17.7 Å². The van der Waals surface area contributed by atoms with Crippen molar-refractivity contribution in [1.82, 2.24) is 15.3 Å². The molecule has 0 unspecified atom stereocenters. The maximum absolute atomic E-state index is 13.2. The third-order valence-electron chi connectivity index (χ3n) is 3.57. The van der Waals surface area contributed by atoms with E-state index in [9.17, 15) is 4.39 Å². The molecule has 3 rings (SSSR count). The highest BCUT2D eigenvalue weighted by molar-refractivity contribution is 5.60. The Labute approximate surface area is 111 Å². The second-order valence-corrected chi connectivity index (χ2v) is 4.94. The molecule has 1 N–H and O–H groups in total. The molecular weight excluding hydrogens is 241 g/mol. The van der Waals surface area contributed by atoms with Crippen molar-refractivity contribution in [2.24, 2.45) is 0 Å². The Kier molecular flexibility index (Phi) is 3.03. The zero-order valence-electron chi connectivity index (χ0n) is 11.1. The predicted molar refractivity (Wildman–Crippen MR) is 72.3 cm³/mol. The van der Waals surface area contributed by atoms with E-state index >= 15 is 0 Å². The van der Waals surface area contributed by atoms with Gasteiger partial charge in [-0.3, -0.25) is 0 Å². The molecule has 0 saturated carbocycles. The fourth-order valence-corrected chi connectivity index (χ4v) is 2.51. The van der Waals surface area contributed by atoms with Gasteiger partial charge in [-0.05, 0) is 37.6 Å². The molecular formula is C15H16FN3. The molecule has 0 spiro atoms. The molecule has 0 atom stereocenters. The van der Waals surface area contributed by atoms with Crippen molar-refractivity contribution in [3.05, 3.63) is 46.5 Å². The number of benzene rings is 1. The molecule has 1 aromatic heterocycles. The smallest absolute Gasteiger partial charge is 0.159 e. The minimum atomic E-state index is -0.222. The quantitative estimate of drug-likeness (QED) is 0.853. The number of fused-ring (bicyclic) bond motifs is 1. The summed E-state index contributed by atoms with van der Waals surface area (Å²) in [5, 5.41) is 3.33. The molecule has 0 saturated heterocycles. The van der Waals surface area contributed by atoms with E-state index in [4.69, 9.17) is 0 Å². The molecule has 2 heterocycles. The van der Waals surface area contributed by atoms with E-state index in [0.29, 0.717) is 5.82 Å². The van der Waals surface area contributed by atoms with Crippen LogP contribution >= 0.6 is 0 Å². The maximum Gasteiger partial charge on any atom is 0.159 e. The second kappa shape index (κ2) is 4.70. The lowest BCUT2D eigenvalue weighted by molar-refractivity contribution is 0.621. The van der Waals surface area contributed by atoms with Crippen molar-refractivity contribution in [3.8, 4) is 11.4 Å². The van der Waals surface area contributed by atoms with Crippen LogP contribution in [0, 0.1) is 19.7 Å². The normalized spacial score (nSPS) is 14.3. The first kappa shape index (κ1) is 12.2. The van der Waals surface area contributed by atoms with Gasteiger partial charge in [0, 0.05) is 36.3 Å². The molecule has 3 nitrogen and oxygen atoms in total. The van der Waals surface area contributed by atoms with Gasteiger partial charge in [0.05, 0.1) is 5.69 Å². The van der Waals surface area contributed by atoms with Crippen LogP contribution in [-0.2, 0) is 13.0 Å². The van der Waals surface area contributed by atoms with Crippen LogP contribution in [-0.4, -0.2) is 16.5 Å². The van der Waals surface area contributed by atoms with Crippen LogP contribution in [0.3, 0.4) is 0 Å². The van der Waals surface area contributed by atoms with Crippen molar-refractivity contribution in [3.63, 3.8) is 0 Å². The Morgan fingerprint density at radius 1 is 1.21 bits per heavy atom. The lowest BCUT2D eigenvalue weighted by Gasteiger charge is -2.19. The first-order chi connectivity index (χ1) is 9.15. The average Bonchev–Trinajstić information content (AvgIpc) is 2.38. The zero-order chi connectivity index (χ0) is 13.4. The summed E-state index contributed by atoms with van der Waals surface area (Å²) in [6.45, 7) is 5.68. The van der Waals surface area contributed by atoms with Gasteiger partial charge in [0.25, 0.3) is 0 Å². The number of rotatable bonds is 1. The third-order valence-corrected chi connectivity index (χ3v) is 3.57. The summed E-state index contributed by atoms with van der Waals surface area (Å²) in [5.41, 5.74) is 5.11. The molecule has 2 aromatic rings. The van der Waals surface area contributed by atoms with Crippen LogP contribution < -0.4 is 5.32 Å². The van der Waals surface area contributed by atoms with E-state index < -0.39 is 0 Å². The lowest BCUT2D eigenvalue weighted by Crippen LogP contribution is -2.26. The number of hydrogen-bond acceptors (Lipinski definition) is 3. The standard InChI is InChI=1S/C15H16FN3/c1-9-7-11(16)3-4-12(9)15-18-10(2)13-8-17-6-5-14(13)19-15/h3-4,7,17H,5-6,8H2,1-2H3. The van der Waals surface area contributed by atoms with E-state index in [1.807, 2.05) is 13.8 Å². The third kappa shape index (κ3) is 2.24. The summed E-state index contributed by atoms with van der Waals surface area (Å²) in [4.78, 5) is 9.23. The van der Waals surface area contributed by atoms with Crippen LogP contribution in [0.25, 0.3) is 11.4 Å². The average molecular weight is 257 g/mol.